The van der Waals surface area contributed by atoms with Gasteiger partial charge in [0.25, 0.3) is 0 Å². The molecule has 1 N–H and O–H groups in total. The Morgan fingerprint density at radius 2 is 2.23 bits per heavy atom. The van der Waals surface area contributed by atoms with Gasteiger partial charge in [-0.25, -0.2) is 9.97 Å². The van der Waals surface area contributed by atoms with Gasteiger partial charge in [0.1, 0.15) is 17.0 Å². The van der Waals surface area contributed by atoms with Crippen molar-refractivity contribution in [3.05, 3.63) is 57.7 Å². The number of nitrogens with zero attached hydrogens (tertiary/aromatic N) is 4. The fourth-order valence-electron chi connectivity index (χ4n) is 3.55. The average molecular weight is 500 g/mol. The summed E-state index contributed by atoms with van der Waals surface area (Å²) in [5.74, 6) is 0.885. The number of rotatable bonds is 6. The molecule has 6 nitrogen and oxygen atoms in total. The lowest BCUT2D eigenvalue weighted by Crippen LogP contribution is -2.34. The molecule has 2 aromatic heterocycles. The number of thiophene rings is 1. The number of carbonyl (C=O) groups is 1. The van der Waals surface area contributed by atoms with Gasteiger partial charge in [-0.3, -0.25) is 4.79 Å². The summed E-state index contributed by atoms with van der Waals surface area (Å²) < 4.78 is 1.01. The highest BCUT2D eigenvalue weighted by molar-refractivity contribution is 9.10. The van der Waals surface area contributed by atoms with E-state index in [1.807, 2.05) is 35.2 Å². The van der Waals surface area contributed by atoms with Gasteiger partial charge < -0.3 is 15.1 Å². The molecule has 31 heavy (non-hydrogen) atoms. The summed E-state index contributed by atoms with van der Waals surface area (Å²) in [5.41, 5.74) is 2.23. The summed E-state index contributed by atoms with van der Waals surface area (Å²) in [6.45, 7) is 6.38. The van der Waals surface area contributed by atoms with Crippen LogP contribution in [0.3, 0.4) is 0 Å². The van der Waals surface area contributed by atoms with Gasteiger partial charge in [0.05, 0.1) is 11.9 Å². The van der Waals surface area contributed by atoms with E-state index in [0.717, 1.165) is 39.2 Å². The molecule has 0 fully saturated rings. The Morgan fingerprint density at radius 1 is 1.39 bits per heavy atom. The lowest BCUT2D eigenvalue weighted by atomic mass is 10.0. The average Bonchev–Trinajstić information content (AvgIpc) is 3.12. The summed E-state index contributed by atoms with van der Waals surface area (Å²) in [4.78, 5) is 28.0. The zero-order valence-electron chi connectivity index (χ0n) is 17.9. The maximum atomic E-state index is 12.7. The molecule has 3 heterocycles. The van der Waals surface area contributed by atoms with Crippen LogP contribution in [0, 0.1) is 0 Å². The largest absolute Gasteiger partial charge is 0.340 e. The van der Waals surface area contributed by atoms with Gasteiger partial charge in [0, 0.05) is 40.2 Å². The molecule has 8 heteroatoms. The zero-order valence-corrected chi connectivity index (χ0v) is 20.3. The molecule has 1 aromatic carbocycles. The fraction of sp³-hybridized carbons (Fsp3) is 0.348. The van der Waals surface area contributed by atoms with E-state index in [9.17, 15) is 4.79 Å². The number of carbonyl (C=O) groups excluding carboxylic acids is 1. The standard InChI is InChI=1S/C23H26BrN5OS/c1-15(2)28(3)10-5-8-20(30)29-11-9-18-19(13-29)31-23-21(18)22(25-14-26-23)27-17-7-4-6-16(24)12-17/h4-8,12,14-15H,9-11,13H2,1-3H3,(H,25,26,27). The number of nitrogens with one attached hydrogen (secondary N) is 1. The molecule has 0 bridgehead atoms. The first-order valence-electron chi connectivity index (χ1n) is 10.4. The van der Waals surface area contributed by atoms with Crippen LogP contribution in [0.25, 0.3) is 10.2 Å². The molecule has 162 valence electrons. The maximum absolute atomic E-state index is 12.7. The highest BCUT2D eigenvalue weighted by atomic mass is 79.9. The van der Waals surface area contributed by atoms with Gasteiger partial charge in [-0.05, 0) is 51.1 Å². The number of fused-ring (bicyclic) bond motifs is 3. The highest BCUT2D eigenvalue weighted by Crippen LogP contribution is 2.38. The second-order valence-electron chi connectivity index (χ2n) is 7.99. The van der Waals surface area contributed by atoms with Gasteiger partial charge in [-0.1, -0.05) is 28.1 Å². The minimum atomic E-state index is 0.0684. The second kappa shape index (κ2) is 9.46. The smallest absolute Gasteiger partial charge is 0.246 e. The van der Waals surface area contributed by atoms with Gasteiger partial charge in [-0.2, -0.15) is 0 Å². The highest BCUT2D eigenvalue weighted by Gasteiger charge is 2.25. The normalized spacial score (nSPS) is 14.1. The topological polar surface area (TPSA) is 61.4 Å². The molecule has 0 saturated heterocycles. The van der Waals surface area contributed by atoms with E-state index in [0.29, 0.717) is 19.1 Å². The number of halogens is 1. The first-order chi connectivity index (χ1) is 14.9. The Hall–Kier alpha value is -2.29. The lowest BCUT2D eigenvalue weighted by molar-refractivity contribution is -0.126. The number of amides is 1. The van der Waals surface area contributed by atoms with Crippen LogP contribution in [0.2, 0.25) is 0 Å². The number of likely N-dealkylation sites (N-methyl/N-ethyl adjacent to an activating group) is 1. The predicted octanol–water partition coefficient (Wildman–Crippen LogP) is 4.98. The third-order valence-corrected chi connectivity index (χ3v) is 7.19. The summed E-state index contributed by atoms with van der Waals surface area (Å²) in [6, 6.07) is 8.48. The van der Waals surface area contributed by atoms with Crippen molar-refractivity contribution in [1.82, 2.24) is 19.8 Å². The minimum Gasteiger partial charge on any atom is -0.340 e. The molecule has 1 aliphatic heterocycles. The van der Waals surface area contributed by atoms with E-state index in [1.165, 1.54) is 10.4 Å². The van der Waals surface area contributed by atoms with Crippen LogP contribution in [0.15, 0.2) is 47.2 Å². The molecule has 0 spiro atoms. The summed E-state index contributed by atoms with van der Waals surface area (Å²) in [5, 5.41) is 4.51. The number of aromatic nitrogens is 2. The summed E-state index contributed by atoms with van der Waals surface area (Å²) in [6.07, 6.45) is 6.06. The molecule has 0 saturated carbocycles. The quantitative estimate of drug-likeness (QED) is 0.484. The molecular weight excluding hydrogens is 474 g/mol. The third-order valence-electron chi connectivity index (χ3n) is 5.57. The molecule has 1 aliphatic rings. The molecule has 0 atom stereocenters. The van der Waals surface area contributed by atoms with Crippen molar-refractivity contribution in [2.24, 2.45) is 0 Å². The summed E-state index contributed by atoms with van der Waals surface area (Å²) >= 11 is 5.17. The monoisotopic (exact) mass is 499 g/mol. The van der Waals surface area contributed by atoms with Crippen LogP contribution < -0.4 is 5.32 Å². The first kappa shape index (κ1) is 21.9. The van der Waals surface area contributed by atoms with E-state index >= 15 is 0 Å². The summed E-state index contributed by atoms with van der Waals surface area (Å²) in [7, 11) is 2.06. The Balaban J connectivity index is 1.53. The molecular formula is C23H26BrN5OS. The van der Waals surface area contributed by atoms with E-state index in [1.54, 1.807) is 23.7 Å². The van der Waals surface area contributed by atoms with E-state index in [-0.39, 0.29) is 5.91 Å². The third kappa shape index (κ3) is 4.97. The van der Waals surface area contributed by atoms with E-state index < -0.39 is 0 Å². The maximum Gasteiger partial charge on any atom is 0.246 e. The number of anilines is 2. The van der Waals surface area contributed by atoms with Gasteiger partial charge in [-0.15, -0.1) is 11.3 Å². The second-order valence-corrected chi connectivity index (χ2v) is 9.99. The lowest BCUT2D eigenvalue weighted by Gasteiger charge is -2.26. The molecule has 1 amide bonds. The van der Waals surface area contributed by atoms with Crippen LogP contribution in [-0.4, -0.2) is 51.9 Å². The van der Waals surface area contributed by atoms with Crippen LogP contribution in [0.1, 0.15) is 24.3 Å². The molecule has 0 unspecified atom stereocenters. The molecule has 4 rings (SSSR count). The van der Waals surface area contributed by atoms with Crippen molar-refractivity contribution in [1.29, 1.82) is 0 Å². The SMILES string of the molecule is CC(C)N(C)CC=CC(=O)N1CCc2c(sc3ncnc(Nc4cccc(Br)c4)c23)C1. The van der Waals surface area contributed by atoms with E-state index in [2.05, 4.69) is 57.0 Å². The number of benzene rings is 1. The zero-order chi connectivity index (χ0) is 22.0. The Kier molecular flexibility index (Phi) is 6.69. The van der Waals surface area contributed by atoms with Crippen molar-refractivity contribution in [2.75, 3.05) is 25.5 Å². The van der Waals surface area contributed by atoms with Crippen molar-refractivity contribution in [2.45, 2.75) is 32.9 Å². The fourth-order valence-corrected chi connectivity index (χ4v) is 5.15. The van der Waals surface area contributed by atoms with Crippen LogP contribution in [0.4, 0.5) is 11.5 Å². The van der Waals surface area contributed by atoms with Crippen LogP contribution in [0.5, 0.6) is 0 Å². The molecule has 3 aromatic rings. The minimum absolute atomic E-state index is 0.0684. The van der Waals surface area contributed by atoms with E-state index in [4.69, 9.17) is 0 Å². The van der Waals surface area contributed by atoms with Crippen molar-refractivity contribution >= 4 is 54.9 Å². The molecule has 0 aliphatic carbocycles. The Labute approximate surface area is 195 Å². The number of hydrogen-bond donors (Lipinski definition) is 1. The number of hydrogen-bond acceptors (Lipinski definition) is 6. The van der Waals surface area contributed by atoms with Crippen molar-refractivity contribution in [3.8, 4) is 0 Å². The van der Waals surface area contributed by atoms with Gasteiger partial charge >= 0.3 is 0 Å². The van der Waals surface area contributed by atoms with Crippen LogP contribution in [-0.2, 0) is 17.8 Å². The predicted molar refractivity (Wildman–Crippen MR) is 131 cm³/mol. The van der Waals surface area contributed by atoms with Crippen molar-refractivity contribution in [3.63, 3.8) is 0 Å². The Morgan fingerprint density at radius 3 is 3.00 bits per heavy atom. The van der Waals surface area contributed by atoms with Gasteiger partial charge in [0.15, 0.2) is 0 Å². The Bertz CT molecular complexity index is 1130. The molecule has 0 radical (unpaired) electrons. The first-order valence-corrected chi connectivity index (χ1v) is 12.0. The van der Waals surface area contributed by atoms with Crippen molar-refractivity contribution < 1.29 is 4.79 Å². The van der Waals surface area contributed by atoms with Gasteiger partial charge in [0.2, 0.25) is 5.91 Å². The van der Waals surface area contributed by atoms with Crippen LogP contribution >= 0.6 is 27.3 Å².